The molecule has 0 aliphatic rings. The van der Waals surface area contributed by atoms with Crippen molar-refractivity contribution in [3.05, 3.63) is 95.1 Å². The third-order valence-corrected chi connectivity index (χ3v) is 4.54. The first-order chi connectivity index (χ1) is 15.5. The molecule has 174 valence electrons. The Kier molecular flexibility index (Phi) is 10.7. The van der Waals surface area contributed by atoms with Gasteiger partial charge in [0.1, 0.15) is 11.6 Å². The SMILES string of the molecule is C=CC(=O)Nc1cc(F)ccc1N/C(N=C(C)C)=C(\Cl)C=C.Cc1ccc(C(N)=O)cc1C. The molecule has 0 aliphatic carbocycles. The van der Waals surface area contributed by atoms with E-state index in [2.05, 4.69) is 28.8 Å². The molecular weight excluding hydrogens is 443 g/mol. The zero-order chi connectivity index (χ0) is 25.1. The van der Waals surface area contributed by atoms with Gasteiger partial charge >= 0.3 is 0 Å². The van der Waals surface area contributed by atoms with E-state index in [1.54, 1.807) is 26.0 Å². The van der Waals surface area contributed by atoms with Crippen LogP contribution in [-0.2, 0) is 4.79 Å². The number of carbonyl (C=O) groups excluding carboxylic acids is 2. The maximum absolute atomic E-state index is 13.4. The first-order valence-corrected chi connectivity index (χ1v) is 10.3. The van der Waals surface area contributed by atoms with E-state index in [1.165, 1.54) is 29.8 Å². The maximum atomic E-state index is 13.4. The fourth-order valence-electron chi connectivity index (χ4n) is 2.40. The van der Waals surface area contributed by atoms with E-state index >= 15 is 0 Å². The van der Waals surface area contributed by atoms with Crippen LogP contribution in [0.4, 0.5) is 15.8 Å². The van der Waals surface area contributed by atoms with Crippen LogP contribution in [0, 0.1) is 19.7 Å². The van der Waals surface area contributed by atoms with E-state index in [9.17, 15) is 14.0 Å². The molecular formula is C25H28ClFN4O2. The number of halogens is 2. The van der Waals surface area contributed by atoms with Crippen LogP contribution in [0.3, 0.4) is 0 Å². The van der Waals surface area contributed by atoms with Crippen molar-refractivity contribution in [3.8, 4) is 0 Å². The number of aryl methyl sites for hydroxylation is 2. The van der Waals surface area contributed by atoms with Crippen LogP contribution in [-0.4, -0.2) is 17.5 Å². The Morgan fingerprint density at radius 3 is 2.18 bits per heavy atom. The van der Waals surface area contributed by atoms with E-state index in [-0.39, 0.29) is 11.6 Å². The van der Waals surface area contributed by atoms with Crippen molar-refractivity contribution in [2.24, 2.45) is 10.7 Å². The molecule has 0 fully saturated rings. The van der Waals surface area contributed by atoms with Crippen LogP contribution in [0.25, 0.3) is 0 Å². The van der Waals surface area contributed by atoms with E-state index in [4.69, 9.17) is 17.3 Å². The second-order valence-electron chi connectivity index (χ2n) is 7.13. The van der Waals surface area contributed by atoms with Crippen molar-refractivity contribution in [1.82, 2.24) is 0 Å². The maximum Gasteiger partial charge on any atom is 0.248 e. The topological polar surface area (TPSA) is 96.6 Å². The average Bonchev–Trinajstić information content (AvgIpc) is 2.76. The Hall–Kier alpha value is -3.71. The van der Waals surface area contributed by atoms with Gasteiger partial charge in [0.15, 0.2) is 0 Å². The molecule has 0 radical (unpaired) electrons. The predicted molar refractivity (Wildman–Crippen MR) is 135 cm³/mol. The number of benzene rings is 2. The van der Waals surface area contributed by atoms with Gasteiger partial charge < -0.3 is 16.4 Å². The van der Waals surface area contributed by atoms with Gasteiger partial charge in [-0.1, -0.05) is 30.8 Å². The van der Waals surface area contributed by atoms with Crippen LogP contribution >= 0.6 is 11.6 Å². The summed E-state index contributed by atoms with van der Waals surface area (Å²) in [6.45, 7) is 14.5. The van der Waals surface area contributed by atoms with Gasteiger partial charge in [0.25, 0.3) is 0 Å². The number of allylic oxidation sites excluding steroid dienone is 2. The number of rotatable bonds is 7. The smallest absolute Gasteiger partial charge is 0.248 e. The number of anilines is 2. The van der Waals surface area contributed by atoms with Gasteiger partial charge in [-0.2, -0.15) is 0 Å². The van der Waals surface area contributed by atoms with Crippen molar-refractivity contribution >= 4 is 40.5 Å². The lowest BCUT2D eigenvalue weighted by molar-refractivity contribution is -0.111. The molecule has 0 aliphatic heterocycles. The molecule has 0 bridgehead atoms. The summed E-state index contributed by atoms with van der Waals surface area (Å²) in [7, 11) is 0. The average molecular weight is 471 g/mol. The Morgan fingerprint density at radius 1 is 1.00 bits per heavy atom. The van der Waals surface area contributed by atoms with Gasteiger partial charge in [-0.25, -0.2) is 9.38 Å². The highest BCUT2D eigenvalue weighted by atomic mass is 35.5. The molecule has 0 unspecified atom stereocenters. The summed E-state index contributed by atoms with van der Waals surface area (Å²) in [5, 5.41) is 5.77. The lowest BCUT2D eigenvalue weighted by Crippen LogP contribution is -2.11. The quantitative estimate of drug-likeness (QED) is 0.269. The number of primary amides is 1. The largest absolute Gasteiger partial charge is 0.366 e. The molecule has 0 saturated carbocycles. The molecule has 4 N–H and O–H groups in total. The van der Waals surface area contributed by atoms with Crippen molar-refractivity contribution in [2.45, 2.75) is 27.7 Å². The summed E-state index contributed by atoms with van der Waals surface area (Å²) in [5.74, 6) is -0.963. The molecule has 0 saturated heterocycles. The van der Waals surface area contributed by atoms with Crippen molar-refractivity contribution in [1.29, 1.82) is 0 Å². The third-order valence-electron chi connectivity index (χ3n) is 4.21. The summed E-state index contributed by atoms with van der Waals surface area (Å²) in [4.78, 5) is 26.4. The van der Waals surface area contributed by atoms with E-state index in [0.717, 1.165) is 17.4 Å². The monoisotopic (exact) mass is 470 g/mol. The second kappa shape index (κ2) is 13.0. The lowest BCUT2D eigenvalue weighted by atomic mass is 10.1. The summed E-state index contributed by atoms with van der Waals surface area (Å²) in [5.41, 5.74) is 9.40. The van der Waals surface area contributed by atoms with Gasteiger partial charge in [-0.05, 0) is 81.3 Å². The van der Waals surface area contributed by atoms with Crippen LogP contribution in [0.5, 0.6) is 0 Å². The normalized spacial score (nSPS) is 10.6. The van der Waals surface area contributed by atoms with E-state index in [1.807, 2.05) is 19.9 Å². The molecule has 2 aromatic carbocycles. The van der Waals surface area contributed by atoms with Crippen LogP contribution in [0.15, 0.2) is 77.6 Å². The zero-order valence-corrected chi connectivity index (χ0v) is 19.9. The van der Waals surface area contributed by atoms with Gasteiger partial charge in [0.05, 0.1) is 16.4 Å². The Bertz CT molecular complexity index is 1120. The highest BCUT2D eigenvalue weighted by Gasteiger charge is 2.09. The highest BCUT2D eigenvalue weighted by molar-refractivity contribution is 6.31. The summed E-state index contributed by atoms with van der Waals surface area (Å²) >= 11 is 6.06. The van der Waals surface area contributed by atoms with Crippen LogP contribution in [0.2, 0.25) is 0 Å². The third kappa shape index (κ3) is 9.13. The van der Waals surface area contributed by atoms with E-state index in [0.29, 0.717) is 22.1 Å². The Labute approximate surface area is 198 Å². The Balaban J connectivity index is 0.000000412. The van der Waals surface area contributed by atoms with Gasteiger partial charge in [0.2, 0.25) is 11.8 Å². The first-order valence-electron chi connectivity index (χ1n) is 9.89. The first kappa shape index (κ1) is 27.3. The fraction of sp³-hybridized carbons (Fsp3) is 0.160. The zero-order valence-electron chi connectivity index (χ0n) is 19.1. The van der Waals surface area contributed by atoms with Crippen molar-refractivity contribution in [3.63, 3.8) is 0 Å². The van der Waals surface area contributed by atoms with Gasteiger partial charge in [-0.3, -0.25) is 9.59 Å². The standard InChI is InChI=1S/C16H17ClFN3O.C9H11NO/c1-5-12(17)16(19-10(3)4)21-13-8-7-11(18)9-14(13)20-15(22)6-2;1-6-3-4-8(9(10)11)5-7(6)2/h5-9,21H,1-2H2,3-4H3,(H,20,22);3-5H,1-2H3,(H2,10,11)/b16-12-;. The van der Waals surface area contributed by atoms with Gasteiger partial charge in [0, 0.05) is 11.3 Å². The molecule has 0 aromatic heterocycles. The summed E-state index contributed by atoms with van der Waals surface area (Å²) < 4.78 is 13.4. The minimum atomic E-state index is -0.486. The minimum absolute atomic E-state index is 0.250. The number of hydrogen-bond acceptors (Lipinski definition) is 4. The van der Waals surface area contributed by atoms with Gasteiger partial charge in [-0.15, -0.1) is 0 Å². The fourth-order valence-corrected chi connectivity index (χ4v) is 2.49. The lowest BCUT2D eigenvalue weighted by Gasteiger charge is -2.14. The Morgan fingerprint density at radius 2 is 1.67 bits per heavy atom. The number of nitrogens with one attached hydrogen (secondary N) is 2. The number of amides is 2. The summed E-state index contributed by atoms with van der Waals surface area (Å²) in [6, 6.07) is 9.36. The number of carbonyl (C=O) groups is 2. The molecule has 2 aromatic rings. The van der Waals surface area contributed by atoms with Crippen LogP contribution < -0.4 is 16.4 Å². The van der Waals surface area contributed by atoms with E-state index < -0.39 is 11.7 Å². The number of hydrogen-bond donors (Lipinski definition) is 3. The molecule has 0 atom stereocenters. The molecule has 0 spiro atoms. The molecule has 2 amide bonds. The van der Waals surface area contributed by atoms with Crippen molar-refractivity contribution in [2.75, 3.05) is 10.6 Å². The molecule has 0 heterocycles. The number of nitrogens with zero attached hydrogens (tertiary/aromatic N) is 1. The molecule has 8 heteroatoms. The molecule has 33 heavy (non-hydrogen) atoms. The van der Waals surface area contributed by atoms with Crippen LogP contribution in [0.1, 0.15) is 35.3 Å². The predicted octanol–water partition coefficient (Wildman–Crippen LogP) is 5.84. The minimum Gasteiger partial charge on any atom is -0.366 e. The van der Waals surface area contributed by atoms with Crippen molar-refractivity contribution < 1.29 is 14.0 Å². The molecule has 2 rings (SSSR count). The number of nitrogens with two attached hydrogens (primary N) is 1. The highest BCUT2D eigenvalue weighted by Crippen LogP contribution is 2.26. The summed E-state index contributed by atoms with van der Waals surface area (Å²) in [6.07, 6.45) is 2.53. The second-order valence-corrected chi connectivity index (χ2v) is 7.54. The number of aliphatic imine (C=N–C) groups is 1. The molecule has 6 nitrogen and oxygen atoms in total.